The molecule has 33 heavy (non-hydrogen) atoms. The van der Waals surface area contributed by atoms with E-state index in [4.69, 9.17) is 21.4 Å². The lowest BCUT2D eigenvalue weighted by molar-refractivity contribution is -0.136. The molecule has 0 unspecified atom stereocenters. The smallest absolute Gasteiger partial charge is 0.303 e. The second kappa shape index (κ2) is 8.88. The van der Waals surface area contributed by atoms with Crippen LogP contribution in [0, 0.1) is 5.82 Å². The van der Waals surface area contributed by atoms with E-state index in [0.29, 0.717) is 27.1 Å². The average Bonchev–Trinajstić information content (AvgIpc) is 3.16. The van der Waals surface area contributed by atoms with Crippen molar-refractivity contribution in [3.63, 3.8) is 0 Å². The molecule has 0 saturated heterocycles. The number of ether oxygens (including phenoxy) is 1. The minimum Gasteiger partial charge on any atom is -0.492 e. The van der Waals surface area contributed by atoms with Gasteiger partial charge in [-0.25, -0.2) is 16.8 Å². The Morgan fingerprint density at radius 1 is 1.12 bits per heavy atom. The number of aliphatic carboxylic acids is 1. The monoisotopic (exact) mass is 487 g/mol. The molecule has 1 aromatic heterocycles. The maximum atomic E-state index is 14.7. The highest BCUT2D eigenvalue weighted by atomic mass is 35.5. The van der Waals surface area contributed by atoms with E-state index in [2.05, 4.69) is 0 Å². The van der Waals surface area contributed by atoms with Crippen molar-refractivity contribution >= 4 is 38.5 Å². The van der Waals surface area contributed by atoms with E-state index in [1.165, 1.54) is 31.5 Å². The van der Waals surface area contributed by atoms with Crippen LogP contribution < -0.4 is 4.74 Å². The van der Waals surface area contributed by atoms with Gasteiger partial charge in [-0.1, -0.05) is 41.9 Å². The predicted molar refractivity (Wildman–Crippen MR) is 124 cm³/mol. The van der Waals surface area contributed by atoms with Gasteiger partial charge < -0.3 is 9.84 Å². The molecule has 170 valence electrons. The van der Waals surface area contributed by atoms with Crippen LogP contribution in [-0.2, 0) is 21.2 Å². The zero-order valence-electron chi connectivity index (χ0n) is 17.5. The zero-order chi connectivity index (χ0) is 23.8. The summed E-state index contributed by atoms with van der Waals surface area (Å²) in [7, 11) is -3.17. The number of carboxylic acids is 1. The SMILES string of the molecule is COc1c(F)ccc(-c2ccccc2)c1S(=O)(=O)n1cc(CCC(=O)O)c2cc(Cl)ccc21. The number of carbonyl (C=O) groups is 1. The molecule has 4 rings (SSSR count). The standard InChI is InChI=1S/C24H19ClFNO5S/c1-32-23-20(26)10-9-18(15-5-3-2-4-6-15)24(23)33(30,31)27-14-16(7-12-22(28)29)19-13-17(25)8-11-21(19)27/h2-6,8-11,13-14H,7,12H2,1H3,(H,28,29). The van der Waals surface area contributed by atoms with Crippen molar-refractivity contribution in [2.75, 3.05) is 7.11 Å². The molecule has 0 aliphatic carbocycles. The zero-order valence-corrected chi connectivity index (χ0v) is 19.0. The number of methoxy groups -OCH3 is 1. The van der Waals surface area contributed by atoms with E-state index in [1.807, 2.05) is 0 Å². The maximum Gasteiger partial charge on any atom is 0.303 e. The molecule has 1 N–H and O–H groups in total. The maximum absolute atomic E-state index is 14.7. The van der Waals surface area contributed by atoms with Gasteiger partial charge in [-0.05, 0) is 47.9 Å². The highest BCUT2D eigenvalue weighted by Gasteiger charge is 2.30. The highest BCUT2D eigenvalue weighted by Crippen LogP contribution is 2.39. The van der Waals surface area contributed by atoms with E-state index in [9.17, 15) is 17.6 Å². The summed E-state index contributed by atoms with van der Waals surface area (Å²) in [6, 6.07) is 15.9. The number of rotatable bonds is 7. The summed E-state index contributed by atoms with van der Waals surface area (Å²) < 4.78 is 48.9. The number of halogens is 2. The van der Waals surface area contributed by atoms with Crippen LogP contribution in [0.3, 0.4) is 0 Å². The minimum absolute atomic E-state index is 0.0977. The van der Waals surface area contributed by atoms with Gasteiger partial charge in [0.05, 0.1) is 12.6 Å². The summed E-state index contributed by atoms with van der Waals surface area (Å²) in [5.41, 5.74) is 1.64. The first kappa shape index (κ1) is 22.8. The molecular formula is C24H19ClFNO5S. The van der Waals surface area contributed by atoms with Gasteiger partial charge in [0, 0.05) is 28.6 Å². The lowest BCUT2D eigenvalue weighted by Crippen LogP contribution is -2.15. The van der Waals surface area contributed by atoms with Crippen molar-refractivity contribution < 1.29 is 27.4 Å². The van der Waals surface area contributed by atoms with Gasteiger partial charge in [-0.2, -0.15) is 0 Å². The molecule has 0 aliphatic heterocycles. The highest BCUT2D eigenvalue weighted by molar-refractivity contribution is 7.90. The minimum atomic E-state index is -4.38. The Morgan fingerprint density at radius 3 is 2.52 bits per heavy atom. The predicted octanol–water partition coefficient (Wildman–Crippen LogP) is 5.36. The molecule has 4 aromatic rings. The third-order valence-corrected chi connectivity index (χ3v) is 7.27. The second-order valence-corrected chi connectivity index (χ2v) is 9.52. The van der Waals surface area contributed by atoms with Gasteiger partial charge in [0.25, 0.3) is 10.0 Å². The number of nitrogens with zero attached hydrogens (tertiary/aromatic N) is 1. The van der Waals surface area contributed by atoms with Gasteiger partial charge in [0.2, 0.25) is 0 Å². The molecule has 0 atom stereocenters. The Kier molecular flexibility index (Phi) is 6.14. The van der Waals surface area contributed by atoms with E-state index >= 15 is 0 Å². The summed E-state index contributed by atoms with van der Waals surface area (Å²) in [4.78, 5) is 10.8. The molecule has 0 bridgehead atoms. The summed E-state index contributed by atoms with van der Waals surface area (Å²) >= 11 is 6.12. The number of fused-ring (bicyclic) bond motifs is 1. The number of carboxylic acid groups (broad SMARTS) is 1. The van der Waals surface area contributed by atoms with Crippen LogP contribution in [0.2, 0.25) is 5.02 Å². The van der Waals surface area contributed by atoms with Crippen molar-refractivity contribution in [3.05, 3.63) is 83.3 Å². The fraction of sp³-hybridized carbons (Fsp3) is 0.125. The molecule has 1 heterocycles. The van der Waals surface area contributed by atoms with Crippen molar-refractivity contribution in [3.8, 4) is 16.9 Å². The van der Waals surface area contributed by atoms with Crippen LogP contribution in [0.5, 0.6) is 5.75 Å². The van der Waals surface area contributed by atoms with Gasteiger partial charge in [0.15, 0.2) is 11.6 Å². The third-order valence-electron chi connectivity index (χ3n) is 5.29. The van der Waals surface area contributed by atoms with E-state index in [0.717, 1.165) is 10.0 Å². The Balaban J connectivity index is 2.02. The first-order valence-electron chi connectivity index (χ1n) is 9.93. The molecule has 0 aliphatic rings. The largest absolute Gasteiger partial charge is 0.492 e. The topological polar surface area (TPSA) is 85.6 Å². The Morgan fingerprint density at radius 2 is 1.85 bits per heavy atom. The van der Waals surface area contributed by atoms with Crippen molar-refractivity contribution in [1.29, 1.82) is 0 Å². The molecular weight excluding hydrogens is 469 g/mol. The normalized spacial score (nSPS) is 11.6. The van der Waals surface area contributed by atoms with Crippen LogP contribution in [0.25, 0.3) is 22.0 Å². The molecule has 0 amide bonds. The second-order valence-electron chi connectivity index (χ2n) is 7.33. The van der Waals surface area contributed by atoms with Crippen LogP contribution in [-0.4, -0.2) is 30.6 Å². The molecule has 0 fully saturated rings. The summed E-state index contributed by atoms with van der Waals surface area (Å²) in [6.45, 7) is 0. The van der Waals surface area contributed by atoms with E-state index in [-0.39, 0.29) is 23.3 Å². The van der Waals surface area contributed by atoms with E-state index in [1.54, 1.807) is 36.4 Å². The van der Waals surface area contributed by atoms with Gasteiger partial charge in [-0.15, -0.1) is 0 Å². The molecule has 0 spiro atoms. The van der Waals surface area contributed by atoms with Crippen molar-refractivity contribution in [2.45, 2.75) is 17.7 Å². The fourth-order valence-corrected chi connectivity index (χ4v) is 5.74. The fourth-order valence-electron chi connectivity index (χ4n) is 3.81. The summed E-state index contributed by atoms with van der Waals surface area (Å²) in [5, 5.41) is 9.98. The number of aromatic nitrogens is 1. The van der Waals surface area contributed by atoms with Crippen LogP contribution in [0.15, 0.2) is 71.8 Å². The van der Waals surface area contributed by atoms with Crippen LogP contribution in [0.4, 0.5) is 4.39 Å². The summed E-state index contributed by atoms with van der Waals surface area (Å²) in [6.07, 6.45) is 1.27. The number of aryl methyl sites for hydroxylation is 1. The number of benzene rings is 3. The molecule has 6 nitrogen and oxygen atoms in total. The quantitative estimate of drug-likeness (QED) is 0.379. The lowest BCUT2D eigenvalue weighted by Gasteiger charge is -2.16. The molecule has 3 aromatic carbocycles. The first-order chi connectivity index (χ1) is 15.7. The van der Waals surface area contributed by atoms with Gasteiger partial charge in [-0.3, -0.25) is 4.79 Å². The van der Waals surface area contributed by atoms with E-state index < -0.39 is 27.6 Å². The molecule has 0 radical (unpaired) electrons. The Bertz CT molecular complexity index is 1470. The van der Waals surface area contributed by atoms with Crippen LogP contribution >= 0.6 is 11.6 Å². The Hall–Kier alpha value is -3.36. The average molecular weight is 488 g/mol. The number of hydrogen-bond donors (Lipinski definition) is 1. The third kappa shape index (κ3) is 4.19. The van der Waals surface area contributed by atoms with Crippen molar-refractivity contribution in [1.82, 2.24) is 3.97 Å². The van der Waals surface area contributed by atoms with Gasteiger partial charge >= 0.3 is 5.97 Å². The van der Waals surface area contributed by atoms with Crippen molar-refractivity contribution in [2.24, 2.45) is 0 Å². The Labute approximate surface area is 194 Å². The molecule has 9 heteroatoms. The van der Waals surface area contributed by atoms with Crippen LogP contribution in [0.1, 0.15) is 12.0 Å². The summed E-state index contributed by atoms with van der Waals surface area (Å²) in [5.74, 6) is -2.24. The van der Waals surface area contributed by atoms with Gasteiger partial charge in [0.1, 0.15) is 4.90 Å². The first-order valence-corrected chi connectivity index (χ1v) is 11.7. The lowest BCUT2D eigenvalue weighted by atomic mass is 10.1. The number of hydrogen-bond acceptors (Lipinski definition) is 4. The molecule has 0 saturated carbocycles.